The largest absolute Gasteiger partial charge is 0.322 e. The first-order chi connectivity index (χ1) is 15.8. The van der Waals surface area contributed by atoms with E-state index in [4.69, 9.17) is 11.6 Å². The van der Waals surface area contributed by atoms with Crippen LogP contribution in [0.4, 0.5) is 14.9 Å². The monoisotopic (exact) mass is 468 g/mol. The third-order valence-corrected chi connectivity index (χ3v) is 7.43. The van der Waals surface area contributed by atoms with Crippen LogP contribution in [0.5, 0.6) is 0 Å². The Labute approximate surface area is 200 Å². The van der Waals surface area contributed by atoms with Gasteiger partial charge in [-0.3, -0.25) is 0 Å². The van der Waals surface area contributed by atoms with Gasteiger partial charge in [0.15, 0.2) is 0 Å². The van der Waals surface area contributed by atoms with Crippen molar-refractivity contribution in [3.05, 3.63) is 64.4 Å². The quantitative estimate of drug-likeness (QED) is 0.509. The first-order valence-corrected chi connectivity index (χ1v) is 11.9. The van der Waals surface area contributed by atoms with Crippen molar-refractivity contribution in [2.75, 3.05) is 32.5 Å². The van der Waals surface area contributed by atoms with E-state index in [2.05, 4.69) is 22.4 Å². The van der Waals surface area contributed by atoms with Gasteiger partial charge in [0.1, 0.15) is 5.82 Å². The number of urea groups is 1. The molecule has 0 spiro atoms. The van der Waals surface area contributed by atoms with Gasteiger partial charge < -0.3 is 15.1 Å². The molecule has 0 unspecified atom stereocenters. The van der Waals surface area contributed by atoms with Gasteiger partial charge in [-0.15, -0.1) is 0 Å². The minimum Gasteiger partial charge on any atom is -0.321 e. The van der Waals surface area contributed by atoms with Crippen LogP contribution in [-0.4, -0.2) is 49.1 Å². The lowest BCUT2D eigenvalue weighted by Crippen LogP contribution is -2.44. The number of hydrogen-bond donors (Lipinski definition) is 1. The topological polar surface area (TPSA) is 59.4 Å². The van der Waals surface area contributed by atoms with Gasteiger partial charge in [0.25, 0.3) is 0 Å². The molecule has 2 aromatic rings. The Kier molecular flexibility index (Phi) is 6.92. The number of nitrogens with zero attached hydrogens (tertiary/aromatic N) is 3. The number of anilines is 1. The molecule has 0 heterocycles. The molecule has 2 aromatic carbocycles. The number of nitrogens with one attached hydrogen (secondary N) is 1. The molecule has 0 aromatic heterocycles. The maximum absolute atomic E-state index is 13.5. The summed E-state index contributed by atoms with van der Waals surface area (Å²) >= 11 is 5.91. The second-order valence-electron chi connectivity index (χ2n) is 9.53. The average molecular weight is 469 g/mol. The lowest BCUT2D eigenvalue weighted by atomic mass is 9.92. The molecule has 0 aliphatic heterocycles. The van der Waals surface area contributed by atoms with Gasteiger partial charge in [-0.25, -0.2) is 9.18 Å². The molecule has 174 valence electrons. The summed E-state index contributed by atoms with van der Waals surface area (Å²) in [5.41, 5.74) is 2.46. The number of hydrogen-bond acceptors (Lipinski definition) is 3. The predicted octanol–water partition coefficient (Wildman–Crippen LogP) is 5.65. The lowest BCUT2D eigenvalue weighted by Gasteiger charge is -2.30. The van der Waals surface area contributed by atoms with Crippen LogP contribution >= 0.6 is 11.6 Å². The number of carbonyl (C=O) groups excluding carboxylic acids is 1. The molecule has 33 heavy (non-hydrogen) atoms. The first kappa shape index (κ1) is 23.5. The molecule has 0 saturated heterocycles. The van der Waals surface area contributed by atoms with Crippen molar-refractivity contribution < 1.29 is 9.18 Å². The number of carbonyl (C=O) groups is 1. The normalized spacial score (nSPS) is 23.2. The third-order valence-electron chi connectivity index (χ3n) is 7.14. The Balaban J connectivity index is 1.50. The highest BCUT2D eigenvalue weighted by Gasteiger charge is 2.64. The zero-order valence-corrected chi connectivity index (χ0v) is 19.9. The minimum atomic E-state index is -0.506. The van der Waals surface area contributed by atoms with Crippen LogP contribution < -0.4 is 5.32 Å². The summed E-state index contributed by atoms with van der Waals surface area (Å²) in [4.78, 5) is 17.5. The van der Waals surface area contributed by atoms with Crippen molar-refractivity contribution in [1.82, 2.24) is 9.80 Å². The lowest BCUT2D eigenvalue weighted by molar-refractivity contribution is 0.178. The molecule has 2 saturated carbocycles. The summed E-state index contributed by atoms with van der Waals surface area (Å²) in [6, 6.07) is 14.4. The Morgan fingerprint density at radius 1 is 1.24 bits per heavy atom. The summed E-state index contributed by atoms with van der Waals surface area (Å²) < 4.78 is 13.5. The molecule has 2 aliphatic carbocycles. The van der Waals surface area contributed by atoms with E-state index in [9.17, 15) is 14.4 Å². The summed E-state index contributed by atoms with van der Waals surface area (Å²) in [7, 11) is 4.10. The highest BCUT2D eigenvalue weighted by molar-refractivity contribution is 6.31. The molecule has 0 radical (unpaired) electrons. The van der Waals surface area contributed by atoms with Crippen LogP contribution in [0.25, 0.3) is 0 Å². The Bertz CT molecular complexity index is 1070. The van der Waals surface area contributed by atoms with Crippen LogP contribution in [0.3, 0.4) is 0 Å². The summed E-state index contributed by atoms with van der Waals surface area (Å²) in [6.07, 6.45) is 4.91. The van der Waals surface area contributed by atoms with E-state index in [1.807, 2.05) is 37.2 Å². The molecule has 1 N–H and O–H groups in total. The fraction of sp³-hybridized carbons (Fsp3) is 0.462. The highest BCUT2D eigenvalue weighted by atomic mass is 35.5. The van der Waals surface area contributed by atoms with Crippen molar-refractivity contribution in [1.29, 1.82) is 5.26 Å². The number of amides is 2. The van der Waals surface area contributed by atoms with E-state index < -0.39 is 5.82 Å². The zero-order chi connectivity index (χ0) is 23.6. The molecule has 5 nitrogen and oxygen atoms in total. The van der Waals surface area contributed by atoms with Crippen molar-refractivity contribution in [2.24, 2.45) is 5.92 Å². The van der Waals surface area contributed by atoms with E-state index in [0.29, 0.717) is 23.7 Å². The second-order valence-corrected chi connectivity index (χ2v) is 9.94. The van der Waals surface area contributed by atoms with Gasteiger partial charge in [-0.05, 0) is 94.6 Å². The highest BCUT2D eigenvalue weighted by Crippen LogP contribution is 2.65. The number of unbranched alkanes of at least 4 members (excludes halogenated alkanes) is 1. The van der Waals surface area contributed by atoms with Gasteiger partial charge in [0.2, 0.25) is 0 Å². The van der Waals surface area contributed by atoms with Crippen molar-refractivity contribution in [3.63, 3.8) is 0 Å². The van der Waals surface area contributed by atoms with E-state index in [-0.39, 0.29) is 22.5 Å². The van der Waals surface area contributed by atoms with E-state index in [1.54, 1.807) is 0 Å². The molecule has 2 aliphatic rings. The molecule has 7 heteroatoms. The summed E-state index contributed by atoms with van der Waals surface area (Å²) in [5.74, 6) is -0.115. The third kappa shape index (κ3) is 5.00. The SMILES string of the molecule is CN(C)CCCCN(C(=O)Nc1ccc(F)c(Cl)c1)[C@@H]1CC[C@]2(c3cccc(C#N)c3)C[C@H]12. The second kappa shape index (κ2) is 9.70. The van der Waals surface area contributed by atoms with Crippen molar-refractivity contribution >= 4 is 23.3 Å². The van der Waals surface area contributed by atoms with Gasteiger partial charge in [-0.1, -0.05) is 23.7 Å². The number of rotatable bonds is 8. The summed E-state index contributed by atoms with van der Waals surface area (Å²) in [6.45, 7) is 1.64. The maximum atomic E-state index is 13.5. The molecular weight excluding hydrogens is 439 g/mol. The van der Waals surface area contributed by atoms with Crippen LogP contribution in [0.2, 0.25) is 5.02 Å². The Hall–Kier alpha value is -2.62. The zero-order valence-electron chi connectivity index (χ0n) is 19.2. The Morgan fingerprint density at radius 3 is 2.73 bits per heavy atom. The number of fused-ring (bicyclic) bond motifs is 1. The number of nitriles is 1. The van der Waals surface area contributed by atoms with Gasteiger partial charge in [-0.2, -0.15) is 5.26 Å². The predicted molar refractivity (Wildman–Crippen MR) is 129 cm³/mol. The number of benzene rings is 2. The van der Waals surface area contributed by atoms with E-state index in [0.717, 1.165) is 38.6 Å². The maximum Gasteiger partial charge on any atom is 0.322 e. The standard InChI is InChI=1S/C26H30ClFN4O/c1-31(2)12-3-4-13-32(25(33)30-20-8-9-23(28)22(27)15-20)24-10-11-26(16-21(24)26)19-7-5-6-18(14-19)17-29/h5-9,14-15,21,24H,3-4,10-13,16H2,1-2H3,(H,30,33)/t21-,24-,26-/m1/s1. The van der Waals surface area contributed by atoms with Crippen molar-refractivity contribution in [2.45, 2.75) is 43.6 Å². The molecule has 4 rings (SSSR count). The summed E-state index contributed by atoms with van der Waals surface area (Å²) in [5, 5.41) is 12.2. The molecular formula is C26H30ClFN4O. The van der Waals surface area contributed by atoms with Gasteiger partial charge in [0, 0.05) is 23.7 Å². The van der Waals surface area contributed by atoms with E-state index >= 15 is 0 Å². The Morgan fingerprint density at radius 2 is 2.03 bits per heavy atom. The molecule has 0 bridgehead atoms. The first-order valence-electron chi connectivity index (χ1n) is 11.5. The van der Waals surface area contributed by atoms with E-state index in [1.165, 1.54) is 23.8 Å². The fourth-order valence-electron chi connectivity index (χ4n) is 5.38. The average Bonchev–Trinajstić information content (AvgIpc) is 3.43. The van der Waals surface area contributed by atoms with Crippen LogP contribution in [0, 0.1) is 23.1 Å². The fourth-order valence-corrected chi connectivity index (χ4v) is 5.56. The van der Waals surface area contributed by atoms with Crippen LogP contribution in [0.15, 0.2) is 42.5 Å². The van der Waals surface area contributed by atoms with Gasteiger partial charge >= 0.3 is 6.03 Å². The van der Waals surface area contributed by atoms with Crippen molar-refractivity contribution in [3.8, 4) is 6.07 Å². The minimum absolute atomic E-state index is 0.00946. The molecule has 3 atom stereocenters. The smallest absolute Gasteiger partial charge is 0.321 e. The number of halogens is 2. The molecule has 2 amide bonds. The molecule has 2 fully saturated rings. The van der Waals surface area contributed by atoms with Gasteiger partial charge in [0.05, 0.1) is 16.7 Å². The van der Waals surface area contributed by atoms with Crippen LogP contribution in [-0.2, 0) is 5.41 Å². The van der Waals surface area contributed by atoms with Crippen LogP contribution in [0.1, 0.15) is 43.2 Å².